The van der Waals surface area contributed by atoms with Crippen LogP contribution in [0.1, 0.15) is 17.5 Å². The van der Waals surface area contributed by atoms with Gasteiger partial charge in [0, 0.05) is 6.42 Å². The molecule has 1 aliphatic carbocycles. The number of allylic oxidation sites excluding steroid dienone is 2. The van der Waals surface area contributed by atoms with E-state index in [1.807, 2.05) is 72.8 Å². The molecule has 88 valence electrons. The molecule has 0 radical (unpaired) electrons. The van der Waals surface area contributed by atoms with E-state index in [-0.39, 0.29) is 5.78 Å². The third kappa shape index (κ3) is 1.52. The van der Waals surface area contributed by atoms with Crippen molar-refractivity contribution in [2.24, 2.45) is 0 Å². The minimum Gasteiger partial charge on any atom is -0.298 e. The Morgan fingerprint density at radius 2 is 1.28 bits per heavy atom. The molecule has 0 amide bonds. The highest BCUT2D eigenvalue weighted by molar-refractivity contribution is 5.99. The molecule has 0 saturated carbocycles. The normalized spacial score (nSPS) is 17.0. The van der Waals surface area contributed by atoms with E-state index in [2.05, 4.69) is 0 Å². The predicted octanol–water partition coefficient (Wildman–Crippen LogP) is 3.50. The number of carbonyl (C=O) groups is 1. The summed E-state index contributed by atoms with van der Waals surface area (Å²) in [5.41, 5.74) is 1.52. The summed E-state index contributed by atoms with van der Waals surface area (Å²) in [7, 11) is 0. The topological polar surface area (TPSA) is 17.1 Å². The molecule has 0 bridgehead atoms. The zero-order valence-electron chi connectivity index (χ0n) is 10.0. The first-order valence-corrected chi connectivity index (χ1v) is 6.16. The molecule has 1 nitrogen and oxygen atoms in total. The van der Waals surface area contributed by atoms with Gasteiger partial charge in [-0.3, -0.25) is 4.79 Å². The highest BCUT2D eigenvalue weighted by Crippen LogP contribution is 2.39. The third-order valence-corrected chi connectivity index (χ3v) is 3.57. The van der Waals surface area contributed by atoms with Crippen molar-refractivity contribution in [1.82, 2.24) is 0 Å². The van der Waals surface area contributed by atoms with Gasteiger partial charge in [0.1, 0.15) is 0 Å². The lowest BCUT2D eigenvalue weighted by atomic mass is 9.73. The summed E-state index contributed by atoms with van der Waals surface area (Å²) in [5.74, 6) is 0.250. The molecule has 0 spiro atoms. The number of carbonyl (C=O) groups excluding carboxylic acids is 1. The largest absolute Gasteiger partial charge is 0.298 e. The van der Waals surface area contributed by atoms with E-state index < -0.39 is 5.41 Å². The molecule has 0 aliphatic heterocycles. The van der Waals surface area contributed by atoms with Crippen LogP contribution < -0.4 is 0 Å². The Hall–Kier alpha value is -2.15. The van der Waals surface area contributed by atoms with Gasteiger partial charge in [0.2, 0.25) is 0 Å². The van der Waals surface area contributed by atoms with E-state index >= 15 is 0 Å². The van der Waals surface area contributed by atoms with Gasteiger partial charge in [-0.1, -0.05) is 72.8 Å². The second kappa shape index (κ2) is 4.26. The molecule has 0 saturated heterocycles. The van der Waals surface area contributed by atoms with Gasteiger partial charge in [-0.2, -0.15) is 0 Å². The molecule has 0 N–H and O–H groups in total. The van der Waals surface area contributed by atoms with E-state index in [0.717, 1.165) is 11.1 Å². The molecule has 0 heterocycles. The van der Waals surface area contributed by atoms with E-state index in [1.54, 1.807) is 0 Å². The molecular formula is C17H14O. The highest BCUT2D eigenvalue weighted by Gasteiger charge is 2.41. The van der Waals surface area contributed by atoms with Crippen molar-refractivity contribution in [2.45, 2.75) is 11.8 Å². The molecule has 1 heteroatoms. The van der Waals surface area contributed by atoms with Crippen molar-refractivity contribution in [2.75, 3.05) is 0 Å². The average Bonchev–Trinajstić information content (AvgIpc) is 2.84. The molecule has 0 fully saturated rings. The average molecular weight is 234 g/mol. The van der Waals surface area contributed by atoms with E-state index in [4.69, 9.17) is 0 Å². The Labute approximate surface area is 107 Å². The maximum Gasteiger partial charge on any atom is 0.155 e. The smallest absolute Gasteiger partial charge is 0.155 e. The zero-order chi connectivity index (χ0) is 12.4. The van der Waals surface area contributed by atoms with Crippen LogP contribution in [0, 0.1) is 0 Å². The Morgan fingerprint density at radius 3 is 1.67 bits per heavy atom. The van der Waals surface area contributed by atoms with E-state index in [0.29, 0.717) is 6.42 Å². The number of hydrogen-bond donors (Lipinski definition) is 0. The minimum atomic E-state index is -0.581. The van der Waals surface area contributed by atoms with Crippen molar-refractivity contribution in [3.05, 3.63) is 83.9 Å². The first-order chi connectivity index (χ1) is 8.84. The van der Waals surface area contributed by atoms with Crippen LogP contribution in [0.4, 0.5) is 0 Å². The monoisotopic (exact) mass is 234 g/mol. The second-order valence-corrected chi connectivity index (χ2v) is 4.57. The van der Waals surface area contributed by atoms with Crippen LogP contribution in [0.5, 0.6) is 0 Å². The van der Waals surface area contributed by atoms with Crippen LogP contribution in [-0.2, 0) is 10.2 Å². The highest BCUT2D eigenvalue weighted by atomic mass is 16.1. The van der Waals surface area contributed by atoms with Crippen LogP contribution >= 0.6 is 0 Å². The maximum atomic E-state index is 12.4. The van der Waals surface area contributed by atoms with Gasteiger partial charge in [-0.25, -0.2) is 0 Å². The first-order valence-electron chi connectivity index (χ1n) is 6.16. The quantitative estimate of drug-likeness (QED) is 0.727. The molecule has 2 aromatic rings. The van der Waals surface area contributed by atoms with E-state index in [1.165, 1.54) is 0 Å². The summed E-state index contributed by atoms with van der Waals surface area (Å²) in [6.45, 7) is 0. The number of rotatable bonds is 2. The van der Waals surface area contributed by atoms with Gasteiger partial charge in [-0.05, 0) is 11.1 Å². The van der Waals surface area contributed by atoms with Crippen molar-refractivity contribution in [3.8, 4) is 0 Å². The van der Waals surface area contributed by atoms with Crippen molar-refractivity contribution in [3.63, 3.8) is 0 Å². The van der Waals surface area contributed by atoms with E-state index in [9.17, 15) is 4.79 Å². The molecule has 1 aliphatic rings. The number of ketones is 1. The number of hydrogen-bond acceptors (Lipinski definition) is 1. The van der Waals surface area contributed by atoms with Crippen molar-refractivity contribution >= 4 is 5.78 Å². The second-order valence-electron chi connectivity index (χ2n) is 4.57. The number of Topliss-reactive ketones (excluding diaryl/α,β-unsaturated/α-hetero) is 1. The fourth-order valence-corrected chi connectivity index (χ4v) is 2.68. The summed E-state index contributed by atoms with van der Waals surface area (Å²) in [6.07, 6.45) is 4.53. The summed E-state index contributed by atoms with van der Waals surface area (Å²) in [5, 5.41) is 0. The third-order valence-electron chi connectivity index (χ3n) is 3.57. The van der Waals surface area contributed by atoms with Gasteiger partial charge in [0.05, 0.1) is 5.41 Å². The lowest BCUT2D eigenvalue weighted by molar-refractivity contribution is -0.120. The Bertz CT molecular complexity index is 542. The fourth-order valence-electron chi connectivity index (χ4n) is 2.68. The molecule has 3 rings (SSSR count). The van der Waals surface area contributed by atoms with Crippen LogP contribution in [0.15, 0.2) is 72.8 Å². The van der Waals surface area contributed by atoms with Crippen molar-refractivity contribution in [1.29, 1.82) is 0 Å². The van der Waals surface area contributed by atoms with Crippen LogP contribution in [0.3, 0.4) is 0 Å². The minimum absolute atomic E-state index is 0.250. The van der Waals surface area contributed by atoms with Gasteiger partial charge in [-0.15, -0.1) is 0 Å². The summed E-state index contributed by atoms with van der Waals surface area (Å²) in [4.78, 5) is 12.4. The Balaban J connectivity index is 2.24. The lowest BCUT2D eigenvalue weighted by Crippen LogP contribution is -2.31. The van der Waals surface area contributed by atoms with Crippen LogP contribution in [0.25, 0.3) is 0 Å². The molecule has 0 aromatic heterocycles. The first kappa shape index (κ1) is 11.0. The van der Waals surface area contributed by atoms with Crippen LogP contribution in [-0.4, -0.2) is 5.78 Å². The molecule has 0 unspecified atom stereocenters. The fraction of sp³-hybridized carbons (Fsp3) is 0.118. The van der Waals surface area contributed by atoms with Gasteiger partial charge >= 0.3 is 0 Å². The van der Waals surface area contributed by atoms with Gasteiger partial charge in [0.25, 0.3) is 0 Å². The molecule has 2 aromatic carbocycles. The Morgan fingerprint density at radius 1 is 0.778 bits per heavy atom. The summed E-state index contributed by atoms with van der Waals surface area (Å²) >= 11 is 0. The standard InChI is InChI=1S/C17H14O/c18-16-12-7-13-17(16,14-8-3-1-4-9-14)15-10-5-2-6-11-15/h1-11,13H,12H2. The van der Waals surface area contributed by atoms with Gasteiger partial charge in [0.15, 0.2) is 5.78 Å². The molecule has 18 heavy (non-hydrogen) atoms. The Kier molecular flexibility index (Phi) is 2.60. The SMILES string of the molecule is O=C1CC=CC1(c1ccccc1)c1ccccc1. The van der Waals surface area contributed by atoms with Crippen molar-refractivity contribution < 1.29 is 4.79 Å². The summed E-state index contributed by atoms with van der Waals surface area (Å²) in [6, 6.07) is 20.0. The lowest BCUT2D eigenvalue weighted by Gasteiger charge is -2.27. The maximum absolute atomic E-state index is 12.4. The van der Waals surface area contributed by atoms with Crippen LogP contribution in [0.2, 0.25) is 0 Å². The zero-order valence-corrected chi connectivity index (χ0v) is 10.0. The number of benzene rings is 2. The predicted molar refractivity (Wildman–Crippen MR) is 72.4 cm³/mol. The van der Waals surface area contributed by atoms with Gasteiger partial charge < -0.3 is 0 Å². The molecular weight excluding hydrogens is 220 g/mol. The molecule has 0 atom stereocenters. The summed E-state index contributed by atoms with van der Waals surface area (Å²) < 4.78 is 0.